The molecule has 3 aromatic carbocycles. The summed E-state index contributed by atoms with van der Waals surface area (Å²) >= 11 is 4.79. The van der Waals surface area contributed by atoms with Gasteiger partial charge in [-0.15, -0.1) is 10.2 Å². The van der Waals surface area contributed by atoms with Gasteiger partial charge < -0.3 is 0 Å². The first kappa shape index (κ1) is 23.9. The van der Waals surface area contributed by atoms with E-state index in [1.807, 2.05) is 71.3 Å². The minimum absolute atomic E-state index is 0.160. The Morgan fingerprint density at radius 2 is 1.74 bits per heavy atom. The van der Waals surface area contributed by atoms with Gasteiger partial charge >= 0.3 is 0 Å². The molecule has 1 N–H and O–H groups in total. The van der Waals surface area contributed by atoms with Crippen LogP contribution in [0.4, 0.5) is 0 Å². The number of nitrogens with zero attached hydrogens (tertiary/aromatic N) is 4. The molecule has 172 valence electrons. The van der Waals surface area contributed by atoms with E-state index in [-0.39, 0.29) is 11.7 Å². The molecule has 0 saturated heterocycles. The third kappa shape index (κ3) is 6.01. The molecule has 1 amide bonds. The summed E-state index contributed by atoms with van der Waals surface area (Å²) in [7, 11) is 0. The van der Waals surface area contributed by atoms with Crippen LogP contribution >= 0.6 is 27.7 Å². The van der Waals surface area contributed by atoms with Crippen molar-refractivity contribution in [2.24, 2.45) is 5.10 Å². The normalized spacial score (nSPS) is 11.3. The van der Waals surface area contributed by atoms with Crippen LogP contribution in [0.1, 0.15) is 30.9 Å². The Bertz CT molecular complexity index is 1270. The van der Waals surface area contributed by atoms with E-state index in [1.54, 1.807) is 6.21 Å². The van der Waals surface area contributed by atoms with Crippen molar-refractivity contribution in [3.8, 4) is 17.1 Å². The van der Waals surface area contributed by atoms with E-state index in [0.29, 0.717) is 16.9 Å². The number of nitrogens with one attached hydrogen (secondary N) is 1. The van der Waals surface area contributed by atoms with Gasteiger partial charge in [-0.3, -0.25) is 9.36 Å². The fraction of sp³-hybridized carbons (Fsp3) is 0.154. The summed E-state index contributed by atoms with van der Waals surface area (Å²) in [5.41, 5.74) is 6.65. The summed E-state index contributed by atoms with van der Waals surface area (Å²) in [6.07, 6.45) is 1.64. The molecule has 4 rings (SSSR count). The number of rotatable bonds is 8. The van der Waals surface area contributed by atoms with Gasteiger partial charge in [0, 0.05) is 15.7 Å². The molecule has 8 heteroatoms. The van der Waals surface area contributed by atoms with Crippen LogP contribution in [0.2, 0.25) is 0 Å². The Labute approximate surface area is 211 Å². The minimum Gasteiger partial charge on any atom is -0.272 e. The molecule has 6 nitrogen and oxygen atoms in total. The first-order valence-corrected chi connectivity index (χ1v) is 12.6. The van der Waals surface area contributed by atoms with Crippen LogP contribution in [0.5, 0.6) is 0 Å². The van der Waals surface area contributed by atoms with Crippen molar-refractivity contribution in [1.82, 2.24) is 20.2 Å². The van der Waals surface area contributed by atoms with Gasteiger partial charge in [-0.2, -0.15) is 5.10 Å². The number of carbonyl (C=O) groups excluding carboxylic acids is 1. The highest BCUT2D eigenvalue weighted by Gasteiger charge is 2.17. The molecule has 0 bridgehead atoms. The van der Waals surface area contributed by atoms with Gasteiger partial charge in [0.2, 0.25) is 0 Å². The molecule has 0 radical (unpaired) electrons. The minimum atomic E-state index is -0.216. The molecular formula is C26H24BrN5OS. The standard InChI is InChI=1S/C26H24BrN5OS/c1-18(2)20-10-8-19(9-11-20)16-28-29-24(33)17-34-26-31-30-25(21-6-4-3-5-7-21)32(26)23-14-12-22(27)13-15-23/h3-16,18H,17H2,1-2H3,(H,29,33)/b28-16+. The van der Waals surface area contributed by atoms with Crippen LogP contribution in [-0.4, -0.2) is 32.6 Å². The zero-order valence-corrected chi connectivity index (χ0v) is 21.3. The van der Waals surface area contributed by atoms with Gasteiger partial charge in [-0.05, 0) is 41.3 Å². The van der Waals surface area contributed by atoms with Crippen LogP contribution in [0.3, 0.4) is 0 Å². The van der Waals surface area contributed by atoms with Gasteiger partial charge in [0.1, 0.15) is 0 Å². The Kier molecular flexibility index (Phi) is 7.92. The molecule has 0 aliphatic carbocycles. The van der Waals surface area contributed by atoms with E-state index >= 15 is 0 Å². The first-order chi connectivity index (χ1) is 16.5. The lowest BCUT2D eigenvalue weighted by Gasteiger charge is -2.10. The number of halogens is 1. The van der Waals surface area contributed by atoms with Gasteiger partial charge in [-0.25, -0.2) is 5.43 Å². The Morgan fingerprint density at radius 1 is 1.03 bits per heavy atom. The highest BCUT2D eigenvalue weighted by Crippen LogP contribution is 2.28. The largest absolute Gasteiger partial charge is 0.272 e. The highest BCUT2D eigenvalue weighted by molar-refractivity contribution is 9.10. The quantitative estimate of drug-likeness (QED) is 0.169. The smallest absolute Gasteiger partial charge is 0.250 e. The Balaban J connectivity index is 1.45. The van der Waals surface area contributed by atoms with E-state index in [1.165, 1.54) is 17.3 Å². The second kappa shape index (κ2) is 11.3. The number of hydrogen-bond donors (Lipinski definition) is 1. The van der Waals surface area contributed by atoms with Crippen LogP contribution in [0, 0.1) is 0 Å². The number of carbonyl (C=O) groups is 1. The lowest BCUT2D eigenvalue weighted by molar-refractivity contribution is -0.118. The molecule has 0 atom stereocenters. The molecule has 1 heterocycles. The maximum absolute atomic E-state index is 12.4. The third-order valence-electron chi connectivity index (χ3n) is 5.09. The van der Waals surface area contributed by atoms with Crippen LogP contribution < -0.4 is 5.43 Å². The topological polar surface area (TPSA) is 72.2 Å². The molecule has 0 fully saturated rings. The number of benzene rings is 3. The molecule has 0 saturated carbocycles. The van der Waals surface area contributed by atoms with E-state index in [2.05, 4.69) is 62.6 Å². The number of amides is 1. The van der Waals surface area contributed by atoms with Crippen molar-refractivity contribution < 1.29 is 4.79 Å². The zero-order chi connectivity index (χ0) is 23.9. The monoisotopic (exact) mass is 533 g/mol. The molecular weight excluding hydrogens is 510 g/mol. The summed E-state index contributed by atoms with van der Waals surface area (Å²) < 4.78 is 2.94. The highest BCUT2D eigenvalue weighted by atomic mass is 79.9. The molecule has 0 spiro atoms. The number of thioether (sulfide) groups is 1. The van der Waals surface area contributed by atoms with Crippen LogP contribution in [0.25, 0.3) is 17.1 Å². The first-order valence-electron chi connectivity index (χ1n) is 10.8. The number of hydrazone groups is 1. The average molecular weight is 534 g/mol. The SMILES string of the molecule is CC(C)c1ccc(/C=N/NC(=O)CSc2nnc(-c3ccccc3)n2-c2ccc(Br)cc2)cc1. The van der Waals surface area contributed by atoms with Crippen LogP contribution in [0.15, 0.2) is 93.6 Å². The number of hydrogen-bond acceptors (Lipinski definition) is 5. The van der Waals surface area contributed by atoms with Crippen LogP contribution in [-0.2, 0) is 4.79 Å². The van der Waals surface area contributed by atoms with Crippen molar-refractivity contribution in [1.29, 1.82) is 0 Å². The van der Waals surface area contributed by atoms with Gasteiger partial charge in [0.05, 0.1) is 12.0 Å². The average Bonchev–Trinajstić information content (AvgIpc) is 3.28. The maximum atomic E-state index is 12.4. The molecule has 0 unspecified atom stereocenters. The Morgan fingerprint density at radius 3 is 2.41 bits per heavy atom. The van der Waals surface area contributed by atoms with E-state index in [9.17, 15) is 4.79 Å². The summed E-state index contributed by atoms with van der Waals surface area (Å²) in [6, 6.07) is 25.9. The predicted octanol–water partition coefficient (Wildman–Crippen LogP) is 6.06. The third-order valence-corrected chi connectivity index (χ3v) is 6.55. The summed E-state index contributed by atoms with van der Waals surface area (Å²) in [4.78, 5) is 12.4. The van der Waals surface area contributed by atoms with E-state index in [0.717, 1.165) is 21.3 Å². The van der Waals surface area contributed by atoms with Gasteiger partial charge in [0.25, 0.3) is 5.91 Å². The Hall–Kier alpha value is -3.23. The van der Waals surface area contributed by atoms with Crippen molar-refractivity contribution in [3.05, 3.63) is 94.5 Å². The molecule has 4 aromatic rings. The lowest BCUT2D eigenvalue weighted by Crippen LogP contribution is -2.20. The molecule has 34 heavy (non-hydrogen) atoms. The van der Waals surface area contributed by atoms with Gasteiger partial charge in [0.15, 0.2) is 11.0 Å². The second-order valence-electron chi connectivity index (χ2n) is 7.89. The fourth-order valence-electron chi connectivity index (χ4n) is 3.27. The van der Waals surface area contributed by atoms with Crippen molar-refractivity contribution in [2.45, 2.75) is 24.9 Å². The van der Waals surface area contributed by atoms with Gasteiger partial charge in [-0.1, -0.05) is 96.1 Å². The summed E-state index contributed by atoms with van der Waals surface area (Å²) in [5.74, 6) is 1.14. The van der Waals surface area contributed by atoms with Crippen molar-refractivity contribution in [2.75, 3.05) is 5.75 Å². The van der Waals surface area contributed by atoms with Crippen molar-refractivity contribution in [3.63, 3.8) is 0 Å². The zero-order valence-electron chi connectivity index (χ0n) is 18.9. The molecule has 0 aliphatic heterocycles. The predicted molar refractivity (Wildman–Crippen MR) is 141 cm³/mol. The summed E-state index contributed by atoms with van der Waals surface area (Å²) in [6.45, 7) is 4.31. The fourth-order valence-corrected chi connectivity index (χ4v) is 4.28. The maximum Gasteiger partial charge on any atom is 0.250 e. The lowest BCUT2D eigenvalue weighted by atomic mass is 10.0. The number of aromatic nitrogens is 3. The summed E-state index contributed by atoms with van der Waals surface area (Å²) in [5, 5.41) is 13.5. The van der Waals surface area contributed by atoms with E-state index < -0.39 is 0 Å². The molecule has 0 aliphatic rings. The second-order valence-corrected chi connectivity index (χ2v) is 9.75. The van der Waals surface area contributed by atoms with Crippen molar-refractivity contribution >= 4 is 39.8 Å². The molecule has 1 aromatic heterocycles. The van der Waals surface area contributed by atoms with E-state index in [4.69, 9.17) is 0 Å².